The second-order valence-electron chi connectivity index (χ2n) is 4.52. The first-order chi connectivity index (χ1) is 8.74. The summed E-state index contributed by atoms with van der Waals surface area (Å²) in [6.07, 6.45) is 7.29. The van der Waals surface area contributed by atoms with E-state index in [4.69, 9.17) is 4.74 Å². The number of benzene rings is 1. The van der Waals surface area contributed by atoms with Crippen LogP contribution in [0.5, 0.6) is 0 Å². The van der Waals surface area contributed by atoms with Gasteiger partial charge in [-0.05, 0) is 36.8 Å². The molecule has 1 heterocycles. The van der Waals surface area contributed by atoms with Gasteiger partial charge in [0.2, 0.25) is 6.20 Å². The maximum atomic E-state index is 10.2. The number of nitro groups is 1. The van der Waals surface area contributed by atoms with Crippen LogP contribution < -0.4 is 0 Å². The van der Waals surface area contributed by atoms with Crippen LogP contribution in [0, 0.1) is 10.1 Å². The topological polar surface area (TPSA) is 52.4 Å². The van der Waals surface area contributed by atoms with Crippen molar-refractivity contribution in [2.45, 2.75) is 31.8 Å². The van der Waals surface area contributed by atoms with Crippen LogP contribution in [-0.2, 0) is 11.2 Å². The minimum Gasteiger partial charge on any atom is -0.378 e. The van der Waals surface area contributed by atoms with Gasteiger partial charge in [0.1, 0.15) is 0 Å². The van der Waals surface area contributed by atoms with E-state index in [1.807, 2.05) is 24.3 Å². The van der Waals surface area contributed by atoms with E-state index in [1.54, 1.807) is 0 Å². The Labute approximate surface area is 106 Å². The number of rotatable bonds is 5. The molecule has 0 bridgehead atoms. The SMILES string of the molecule is O=[N+]([O-])/C=C/c1ccc(CCC2CCCO2)cc1. The molecule has 1 saturated heterocycles. The van der Waals surface area contributed by atoms with Crippen molar-refractivity contribution in [3.8, 4) is 0 Å². The molecule has 1 aromatic rings. The molecule has 0 radical (unpaired) electrons. The molecule has 4 heteroatoms. The van der Waals surface area contributed by atoms with Gasteiger partial charge in [0.15, 0.2) is 0 Å². The molecule has 1 fully saturated rings. The Morgan fingerprint density at radius 3 is 2.78 bits per heavy atom. The normalized spacial score (nSPS) is 19.4. The second-order valence-corrected chi connectivity index (χ2v) is 4.52. The molecule has 2 rings (SSSR count). The van der Waals surface area contributed by atoms with Crippen LogP contribution in [0.2, 0.25) is 0 Å². The average molecular weight is 247 g/mol. The zero-order chi connectivity index (χ0) is 12.8. The summed E-state index contributed by atoms with van der Waals surface area (Å²) >= 11 is 0. The van der Waals surface area contributed by atoms with Crippen molar-refractivity contribution in [1.82, 2.24) is 0 Å². The first kappa shape index (κ1) is 12.8. The molecule has 0 saturated carbocycles. The number of aryl methyl sites for hydroxylation is 1. The second kappa shape index (κ2) is 6.31. The van der Waals surface area contributed by atoms with Gasteiger partial charge in [0, 0.05) is 12.7 Å². The number of hydrogen-bond donors (Lipinski definition) is 0. The van der Waals surface area contributed by atoms with E-state index in [2.05, 4.69) is 0 Å². The lowest BCUT2D eigenvalue weighted by atomic mass is 10.0. The summed E-state index contributed by atoms with van der Waals surface area (Å²) in [6.45, 7) is 0.898. The van der Waals surface area contributed by atoms with Gasteiger partial charge in [-0.3, -0.25) is 10.1 Å². The summed E-state index contributed by atoms with van der Waals surface area (Å²) < 4.78 is 5.58. The molecule has 1 unspecified atom stereocenters. The Kier molecular flexibility index (Phi) is 4.47. The van der Waals surface area contributed by atoms with Crippen LogP contribution in [0.1, 0.15) is 30.4 Å². The van der Waals surface area contributed by atoms with E-state index in [0.717, 1.165) is 31.2 Å². The minimum absolute atomic E-state index is 0.416. The lowest BCUT2D eigenvalue weighted by Crippen LogP contribution is -2.05. The molecule has 1 aliphatic rings. The molecule has 96 valence electrons. The smallest absolute Gasteiger partial charge is 0.235 e. The lowest BCUT2D eigenvalue weighted by Gasteiger charge is -2.08. The summed E-state index contributed by atoms with van der Waals surface area (Å²) in [6, 6.07) is 7.86. The fraction of sp³-hybridized carbons (Fsp3) is 0.429. The molecule has 0 spiro atoms. The predicted octanol–water partition coefficient (Wildman–Crippen LogP) is 3.05. The number of ether oxygens (including phenoxy) is 1. The fourth-order valence-electron chi connectivity index (χ4n) is 2.14. The maximum Gasteiger partial charge on any atom is 0.235 e. The third kappa shape index (κ3) is 3.96. The van der Waals surface area contributed by atoms with Crippen molar-refractivity contribution in [2.75, 3.05) is 6.61 Å². The monoisotopic (exact) mass is 247 g/mol. The van der Waals surface area contributed by atoms with Crippen LogP contribution in [0.15, 0.2) is 30.5 Å². The molecule has 0 aromatic heterocycles. The van der Waals surface area contributed by atoms with Gasteiger partial charge in [-0.15, -0.1) is 0 Å². The Bertz CT molecular complexity index is 419. The highest BCUT2D eigenvalue weighted by molar-refractivity contribution is 5.48. The molecule has 4 nitrogen and oxygen atoms in total. The summed E-state index contributed by atoms with van der Waals surface area (Å²) in [5, 5.41) is 10.2. The molecular weight excluding hydrogens is 230 g/mol. The molecule has 1 atom stereocenters. The largest absolute Gasteiger partial charge is 0.378 e. The molecule has 0 amide bonds. The zero-order valence-corrected chi connectivity index (χ0v) is 10.2. The van der Waals surface area contributed by atoms with Gasteiger partial charge in [-0.25, -0.2) is 0 Å². The Hall–Kier alpha value is -1.68. The van der Waals surface area contributed by atoms with Crippen molar-refractivity contribution in [1.29, 1.82) is 0 Å². The molecule has 0 N–H and O–H groups in total. The molecule has 18 heavy (non-hydrogen) atoms. The highest BCUT2D eigenvalue weighted by Gasteiger charge is 2.14. The first-order valence-electron chi connectivity index (χ1n) is 6.26. The van der Waals surface area contributed by atoms with Crippen LogP contribution >= 0.6 is 0 Å². The first-order valence-corrected chi connectivity index (χ1v) is 6.26. The van der Waals surface area contributed by atoms with Crippen LogP contribution in [0.4, 0.5) is 0 Å². The maximum absolute atomic E-state index is 10.2. The van der Waals surface area contributed by atoms with Gasteiger partial charge >= 0.3 is 0 Å². The van der Waals surface area contributed by atoms with Gasteiger partial charge < -0.3 is 4.74 Å². The predicted molar refractivity (Wildman–Crippen MR) is 69.8 cm³/mol. The average Bonchev–Trinajstić information content (AvgIpc) is 2.88. The standard InChI is InChI=1S/C14H17NO3/c16-15(17)10-9-13-5-3-12(4-6-13)7-8-14-2-1-11-18-14/h3-6,9-10,14H,1-2,7-8,11H2/b10-9+. The highest BCUT2D eigenvalue weighted by atomic mass is 16.6. The van der Waals surface area contributed by atoms with Crippen molar-refractivity contribution >= 4 is 6.08 Å². The van der Waals surface area contributed by atoms with Gasteiger partial charge in [-0.1, -0.05) is 24.3 Å². The van der Waals surface area contributed by atoms with E-state index < -0.39 is 4.92 Å². The van der Waals surface area contributed by atoms with E-state index in [0.29, 0.717) is 6.10 Å². The van der Waals surface area contributed by atoms with Crippen molar-refractivity contribution in [3.63, 3.8) is 0 Å². The Morgan fingerprint density at radius 2 is 2.17 bits per heavy atom. The minimum atomic E-state index is -0.453. The summed E-state index contributed by atoms with van der Waals surface area (Å²) in [5.41, 5.74) is 2.11. The van der Waals surface area contributed by atoms with E-state index in [-0.39, 0.29) is 0 Å². The van der Waals surface area contributed by atoms with Crippen molar-refractivity contribution in [3.05, 3.63) is 51.7 Å². The van der Waals surface area contributed by atoms with Crippen LogP contribution in [-0.4, -0.2) is 17.6 Å². The van der Waals surface area contributed by atoms with E-state index in [9.17, 15) is 10.1 Å². The summed E-state index contributed by atoms with van der Waals surface area (Å²) in [7, 11) is 0. The Balaban J connectivity index is 1.85. The quantitative estimate of drug-likeness (QED) is 0.593. The van der Waals surface area contributed by atoms with Gasteiger partial charge in [-0.2, -0.15) is 0 Å². The molecule has 1 aromatic carbocycles. The summed E-state index contributed by atoms with van der Waals surface area (Å²) in [4.78, 5) is 9.74. The van der Waals surface area contributed by atoms with Crippen molar-refractivity contribution in [2.24, 2.45) is 0 Å². The van der Waals surface area contributed by atoms with Gasteiger partial charge in [0.25, 0.3) is 0 Å². The fourth-order valence-corrected chi connectivity index (χ4v) is 2.14. The lowest BCUT2D eigenvalue weighted by molar-refractivity contribution is -0.400. The highest BCUT2D eigenvalue weighted by Crippen LogP contribution is 2.18. The third-order valence-electron chi connectivity index (χ3n) is 3.15. The Morgan fingerprint density at radius 1 is 1.39 bits per heavy atom. The van der Waals surface area contributed by atoms with Crippen molar-refractivity contribution < 1.29 is 9.66 Å². The van der Waals surface area contributed by atoms with Crippen LogP contribution in [0.25, 0.3) is 6.08 Å². The summed E-state index contributed by atoms with van der Waals surface area (Å²) in [5.74, 6) is 0. The number of hydrogen-bond acceptors (Lipinski definition) is 3. The number of nitrogens with zero attached hydrogens (tertiary/aromatic N) is 1. The van der Waals surface area contributed by atoms with Gasteiger partial charge in [0.05, 0.1) is 11.0 Å². The molecule has 0 aliphatic carbocycles. The molecular formula is C14H17NO3. The third-order valence-corrected chi connectivity index (χ3v) is 3.15. The van der Waals surface area contributed by atoms with E-state index >= 15 is 0 Å². The van der Waals surface area contributed by atoms with E-state index in [1.165, 1.54) is 24.5 Å². The molecule has 1 aliphatic heterocycles. The van der Waals surface area contributed by atoms with Crippen LogP contribution in [0.3, 0.4) is 0 Å². The zero-order valence-electron chi connectivity index (χ0n) is 10.2.